The molecule has 20 heavy (non-hydrogen) atoms. The Bertz CT molecular complexity index is 516. The minimum Gasteiger partial charge on any atom is -0.480 e. The molecule has 6 heteroatoms. The Morgan fingerprint density at radius 3 is 2.65 bits per heavy atom. The maximum atomic E-state index is 13.0. The number of amides is 1. The van der Waals surface area contributed by atoms with Crippen LogP contribution >= 0.6 is 0 Å². The molecule has 0 bridgehead atoms. The van der Waals surface area contributed by atoms with Gasteiger partial charge in [-0.2, -0.15) is 0 Å². The summed E-state index contributed by atoms with van der Waals surface area (Å²) in [5.74, 6) is -1.99. The van der Waals surface area contributed by atoms with E-state index in [9.17, 15) is 19.1 Å². The van der Waals surface area contributed by atoms with E-state index in [0.717, 1.165) is 18.9 Å². The molecule has 1 aliphatic carbocycles. The molecule has 1 aliphatic rings. The second-order valence-corrected chi connectivity index (χ2v) is 4.92. The summed E-state index contributed by atoms with van der Waals surface area (Å²) >= 11 is 0. The number of carboxylic acids is 1. The molecule has 1 saturated carbocycles. The number of rotatable bonds is 6. The summed E-state index contributed by atoms with van der Waals surface area (Å²) in [6.07, 6.45) is 0.199. The maximum Gasteiger partial charge on any atom is 0.323 e. The van der Waals surface area contributed by atoms with Crippen LogP contribution in [-0.4, -0.2) is 39.6 Å². The van der Waals surface area contributed by atoms with Gasteiger partial charge in [0.1, 0.15) is 12.4 Å². The molecule has 0 aliphatic heterocycles. The maximum absolute atomic E-state index is 13.0. The van der Waals surface area contributed by atoms with E-state index >= 15 is 0 Å². The number of benzene rings is 1. The minimum absolute atomic E-state index is 0.0432. The highest BCUT2D eigenvalue weighted by Gasteiger charge is 2.34. The van der Waals surface area contributed by atoms with E-state index in [1.807, 2.05) is 0 Å². The molecule has 2 rings (SSSR count). The lowest BCUT2D eigenvalue weighted by Gasteiger charge is -2.22. The third-order valence-corrected chi connectivity index (χ3v) is 3.22. The number of aliphatic hydroxyl groups is 1. The normalized spacial score (nSPS) is 15.7. The van der Waals surface area contributed by atoms with Gasteiger partial charge in [-0.15, -0.1) is 0 Å². The van der Waals surface area contributed by atoms with Crippen LogP contribution in [0.25, 0.3) is 0 Å². The lowest BCUT2D eigenvalue weighted by Crippen LogP contribution is -2.38. The quantitative estimate of drug-likeness (QED) is 0.824. The fourth-order valence-electron chi connectivity index (χ4n) is 2.07. The molecule has 1 fully saturated rings. The molecular weight excluding hydrogens is 265 g/mol. The Kier molecular flexibility index (Phi) is 4.34. The van der Waals surface area contributed by atoms with Crippen molar-refractivity contribution in [2.45, 2.75) is 31.4 Å². The van der Waals surface area contributed by atoms with Gasteiger partial charge in [0.15, 0.2) is 0 Å². The van der Waals surface area contributed by atoms with Gasteiger partial charge in [-0.1, -0.05) is 12.1 Å². The van der Waals surface area contributed by atoms with Crippen molar-refractivity contribution in [1.29, 1.82) is 0 Å². The Labute approximate surface area is 115 Å². The second-order valence-electron chi connectivity index (χ2n) is 4.92. The molecule has 2 N–H and O–H groups in total. The molecule has 0 radical (unpaired) electrons. The number of aliphatic hydroxyl groups excluding tert-OH is 1. The molecule has 0 spiro atoms. The fraction of sp³-hybridized carbons (Fsp3) is 0.429. The smallest absolute Gasteiger partial charge is 0.323 e. The van der Waals surface area contributed by atoms with E-state index in [1.54, 1.807) is 0 Å². The van der Waals surface area contributed by atoms with Crippen LogP contribution in [0, 0.1) is 5.82 Å². The summed E-state index contributed by atoms with van der Waals surface area (Å²) in [5, 5.41) is 18.7. The predicted octanol–water partition coefficient (Wildman–Crippen LogP) is 1.32. The standard InChI is InChI=1S/C14H16FNO4/c15-10-3-1-2-9(6-10)12(17)7-13(18)16(8-14(19)20)11-4-5-11/h1-3,6,11-12,17H,4-5,7-8H2,(H,19,20)/t12-/m0/s1. The summed E-state index contributed by atoms with van der Waals surface area (Å²) in [7, 11) is 0. The molecule has 0 heterocycles. The predicted molar refractivity (Wildman–Crippen MR) is 68.3 cm³/mol. The van der Waals surface area contributed by atoms with E-state index in [2.05, 4.69) is 0 Å². The van der Waals surface area contributed by atoms with Gasteiger partial charge in [0.05, 0.1) is 12.5 Å². The third kappa shape index (κ3) is 3.77. The molecule has 0 aromatic heterocycles. The van der Waals surface area contributed by atoms with Crippen molar-refractivity contribution in [3.63, 3.8) is 0 Å². The number of aliphatic carboxylic acids is 1. The third-order valence-electron chi connectivity index (χ3n) is 3.22. The number of halogens is 1. The van der Waals surface area contributed by atoms with Crippen LogP contribution < -0.4 is 0 Å². The highest BCUT2D eigenvalue weighted by Crippen LogP contribution is 2.28. The van der Waals surface area contributed by atoms with Gasteiger partial charge in [-0.05, 0) is 30.5 Å². The minimum atomic E-state index is -1.13. The van der Waals surface area contributed by atoms with Crippen molar-refractivity contribution >= 4 is 11.9 Å². The van der Waals surface area contributed by atoms with Crippen LogP contribution in [0.2, 0.25) is 0 Å². The summed E-state index contributed by atoms with van der Waals surface area (Å²) in [5.41, 5.74) is 0.310. The van der Waals surface area contributed by atoms with Crippen LogP contribution in [0.4, 0.5) is 4.39 Å². The molecule has 1 atom stereocenters. The van der Waals surface area contributed by atoms with Crippen molar-refractivity contribution in [1.82, 2.24) is 4.90 Å². The lowest BCUT2D eigenvalue weighted by atomic mass is 10.1. The van der Waals surface area contributed by atoms with Gasteiger partial charge in [0.2, 0.25) is 5.91 Å². The molecule has 5 nitrogen and oxygen atoms in total. The van der Waals surface area contributed by atoms with E-state index in [0.29, 0.717) is 5.56 Å². The summed E-state index contributed by atoms with van der Waals surface area (Å²) in [6.45, 7) is -0.362. The number of hydrogen-bond donors (Lipinski definition) is 2. The van der Waals surface area contributed by atoms with Gasteiger partial charge in [-0.3, -0.25) is 9.59 Å². The first-order valence-electron chi connectivity index (χ1n) is 6.42. The number of carboxylic acid groups (broad SMARTS) is 1. The highest BCUT2D eigenvalue weighted by molar-refractivity contribution is 5.82. The molecule has 0 unspecified atom stereocenters. The van der Waals surface area contributed by atoms with Gasteiger partial charge < -0.3 is 15.1 Å². The molecule has 108 valence electrons. The molecule has 1 aromatic rings. The number of carbonyl (C=O) groups excluding carboxylic acids is 1. The van der Waals surface area contributed by atoms with Crippen LogP contribution in [0.5, 0.6) is 0 Å². The molecule has 1 aromatic carbocycles. The van der Waals surface area contributed by atoms with E-state index in [-0.39, 0.29) is 19.0 Å². The highest BCUT2D eigenvalue weighted by atomic mass is 19.1. The topological polar surface area (TPSA) is 77.8 Å². The Hall–Kier alpha value is -1.95. The van der Waals surface area contributed by atoms with E-state index < -0.39 is 23.8 Å². The Balaban J connectivity index is 2.00. The zero-order valence-electron chi connectivity index (χ0n) is 10.8. The fourth-order valence-corrected chi connectivity index (χ4v) is 2.07. The van der Waals surface area contributed by atoms with Crippen LogP contribution in [0.1, 0.15) is 30.9 Å². The van der Waals surface area contributed by atoms with E-state index in [4.69, 9.17) is 5.11 Å². The average Bonchev–Trinajstić information content (AvgIpc) is 3.19. The van der Waals surface area contributed by atoms with Crippen LogP contribution in [-0.2, 0) is 9.59 Å². The first kappa shape index (κ1) is 14.5. The molecule has 0 saturated heterocycles. The van der Waals surface area contributed by atoms with Gasteiger partial charge in [0.25, 0.3) is 0 Å². The first-order chi connectivity index (χ1) is 9.47. The monoisotopic (exact) mass is 281 g/mol. The number of carbonyl (C=O) groups is 2. The zero-order chi connectivity index (χ0) is 14.7. The molecule has 1 amide bonds. The van der Waals surface area contributed by atoms with Crippen molar-refractivity contribution in [3.8, 4) is 0 Å². The average molecular weight is 281 g/mol. The van der Waals surface area contributed by atoms with Crippen molar-refractivity contribution in [2.24, 2.45) is 0 Å². The summed E-state index contributed by atoms with van der Waals surface area (Å²) in [6, 6.07) is 5.35. The van der Waals surface area contributed by atoms with Gasteiger partial charge in [0, 0.05) is 6.04 Å². The van der Waals surface area contributed by atoms with Crippen LogP contribution in [0.15, 0.2) is 24.3 Å². The van der Waals surface area contributed by atoms with Crippen molar-refractivity contribution in [3.05, 3.63) is 35.6 Å². The van der Waals surface area contributed by atoms with Gasteiger partial charge >= 0.3 is 5.97 Å². The molecular formula is C14H16FNO4. The number of hydrogen-bond acceptors (Lipinski definition) is 3. The SMILES string of the molecule is O=C(O)CN(C(=O)C[C@H](O)c1cccc(F)c1)C1CC1. The zero-order valence-corrected chi connectivity index (χ0v) is 10.8. The van der Waals surface area contributed by atoms with Crippen LogP contribution in [0.3, 0.4) is 0 Å². The van der Waals surface area contributed by atoms with E-state index in [1.165, 1.54) is 23.1 Å². The lowest BCUT2D eigenvalue weighted by molar-refractivity contribution is -0.145. The Morgan fingerprint density at radius 1 is 1.40 bits per heavy atom. The van der Waals surface area contributed by atoms with Crippen molar-refractivity contribution < 1.29 is 24.2 Å². The Morgan fingerprint density at radius 2 is 2.10 bits per heavy atom. The number of nitrogens with zero attached hydrogens (tertiary/aromatic N) is 1. The second kappa shape index (κ2) is 6.00. The first-order valence-corrected chi connectivity index (χ1v) is 6.42. The van der Waals surface area contributed by atoms with Gasteiger partial charge in [-0.25, -0.2) is 4.39 Å². The summed E-state index contributed by atoms with van der Waals surface area (Å²) in [4.78, 5) is 24.0. The summed E-state index contributed by atoms with van der Waals surface area (Å²) < 4.78 is 13.0. The largest absolute Gasteiger partial charge is 0.480 e. The van der Waals surface area contributed by atoms with Crippen molar-refractivity contribution in [2.75, 3.05) is 6.54 Å².